The van der Waals surface area contributed by atoms with Crippen LogP contribution in [0.5, 0.6) is 0 Å². The second-order valence-corrected chi connectivity index (χ2v) is 5.55. The third kappa shape index (κ3) is 3.55. The molecular weight excluding hydrogens is 238 g/mol. The van der Waals surface area contributed by atoms with Gasteiger partial charge < -0.3 is 4.90 Å². The van der Waals surface area contributed by atoms with Crippen LogP contribution in [0.15, 0.2) is 23.4 Å². The van der Waals surface area contributed by atoms with Crippen molar-refractivity contribution in [1.82, 2.24) is 4.90 Å². The van der Waals surface area contributed by atoms with Gasteiger partial charge >= 0.3 is 0 Å². The Labute approximate surface area is 116 Å². The quantitative estimate of drug-likeness (QED) is 0.714. The van der Waals surface area contributed by atoms with Crippen LogP contribution in [-0.4, -0.2) is 23.6 Å². The van der Waals surface area contributed by atoms with Gasteiger partial charge in [-0.05, 0) is 31.3 Å². The van der Waals surface area contributed by atoms with Gasteiger partial charge in [0.2, 0.25) is 5.91 Å². The van der Waals surface area contributed by atoms with Crippen molar-refractivity contribution in [3.8, 4) is 0 Å². The molecule has 0 N–H and O–H groups in total. The molecule has 0 radical (unpaired) electrons. The summed E-state index contributed by atoms with van der Waals surface area (Å²) < 4.78 is 0. The predicted molar refractivity (Wildman–Crippen MR) is 77.5 cm³/mol. The average molecular weight is 263 g/mol. The summed E-state index contributed by atoms with van der Waals surface area (Å²) in [5, 5.41) is 0. The molecule has 0 saturated heterocycles. The molecule has 0 aromatic rings. The number of allylic oxidation sites excluding steroid dienone is 4. The molecule has 3 heteroatoms. The van der Waals surface area contributed by atoms with Crippen LogP contribution >= 0.6 is 0 Å². The van der Waals surface area contributed by atoms with Crippen molar-refractivity contribution in [2.24, 2.45) is 11.8 Å². The van der Waals surface area contributed by atoms with Gasteiger partial charge in [0.15, 0.2) is 5.78 Å². The fourth-order valence-electron chi connectivity index (χ4n) is 2.43. The smallest absolute Gasteiger partial charge is 0.227 e. The number of ketones is 1. The van der Waals surface area contributed by atoms with E-state index in [4.69, 9.17) is 0 Å². The molecule has 1 unspecified atom stereocenters. The monoisotopic (exact) mass is 263 g/mol. The maximum Gasteiger partial charge on any atom is 0.227 e. The molecule has 0 saturated carbocycles. The lowest BCUT2D eigenvalue weighted by atomic mass is 9.86. The predicted octanol–water partition coefficient (Wildman–Crippen LogP) is 3.32. The van der Waals surface area contributed by atoms with Gasteiger partial charge in [-0.3, -0.25) is 9.59 Å². The molecule has 1 heterocycles. The number of Topliss-reactive ketones (excluding diaryl/α,β-unsaturated/α-hetero) is 1. The molecule has 0 fully saturated rings. The molecule has 1 aliphatic rings. The first-order valence-electron chi connectivity index (χ1n) is 7.05. The summed E-state index contributed by atoms with van der Waals surface area (Å²) in [6.07, 6.45) is 6.30. The van der Waals surface area contributed by atoms with Crippen LogP contribution in [0.1, 0.15) is 47.0 Å². The Bertz CT molecular complexity index is 418. The zero-order valence-electron chi connectivity index (χ0n) is 12.7. The summed E-state index contributed by atoms with van der Waals surface area (Å²) in [4.78, 5) is 25.8. The molecule has 1 amide bonds. The first-order valence-corrected chi connectivity index (χ1v) is 7.05. The number of hydrogen-bond acceptors (Lipinski definition) is 2. The minimum absolute atomic E-state index is 0.0472. The number of likely N-dealkylation sites (N-methyl/N-ethyl adjacent to an activating group) is 1. The van der Waals surface area contributed by atoms with Crippen LogP contribution < -0.4 is 0 Å². The van der Waals surface area contributed by atoms with Crippen molar-refractivity contribution >= 4 is 11.7 Å². The molecule has 0 aliphatic carbocycles. The van der Waals surface area contributed by atoms with Crippen LogP contribution in [0.3, 0.4) is 0 Å². The highest BCUT2D eigenvalue weighted by Gasteiger charge is 2.31. The fraction of sp³-hybridized carbons (Fsp3) is 0.625. The van der Waals surface area contributed by atoms with E-state index in [1.165, 1.54) is 0 Å². The highest BCUT2D eigenvalue weighted by molar-refractivity contribution is 6.01. The lowest BCUT2D eigenvalue weighted by Gasteiger charge is -2.31. The van der Waals surface area contributed by atoms with E-state index in [1.54, 1.807) is 11.9 Å². The zero-order chi connectivity index (χ0) is 14.6. The number of hydrogen-bond donors (Lipinski definition) is 0. The van der Waals surface area contributed by atoms with Crippen LogP contribution in [0, 0.1) is 11.8 Å². The Hall–Kier alpha value is -1.38. The Morgan fingerprint density at radius 1 is 1.32 bits per heavy atom. The van der Waals surface area contributed by atoms with E-state index in [0.717, 1.165) is 18.4 Å². The normalized spacial score (nSPS) is 18.6. The van der Waals surface area contributed by atoms with Crippen molar-refractivity contribution in [3.05, 3.63) is 23.4 Å². The van der Waals surface area contributed by atoms with Gasteiger partial charge in [-0.25, -0.2) is 0 Å². The van der Waals surface area contributed by atoms with Crippen molar-refractivity contribution in [3.63, 3.8) is 0 Å². The lowest BCUT2D eigenvalue weighted by Crippen LogP contribution is -2.37. The number of nitrogens with zero attached hydrogens (tertiary/aromatic N) is 1. The Morgan fingerprint density at radius 3 is 2.47 bits per heavy atom. The van der Waals surface area contributed by atoms with Crippen molar-refractivity contribution in [2.75, 3.05) is 7.05 Å². The number of carbonyl (C=O) groups is 2. The zero-order valence-corrected chi connectivity index (χ0v) is 12.7. The largest absolute Gasteiger partial charge is 0.312 e. The number of amides is 1. The summed E-state index contributed by atoms with van der Waals surface area (Å²) in [6, 6.07) is 0. The molecule has 0 aromatic heterocycles. The van der Waals surface area contributed by atoms with Gasteiger partial charge in [0.05, 0.1) is 5.70 Å². The van der Waals surface area contributed by atoms with Crippen molar-refractivity contribution in [1.29, 1.82) is 0 Å². The molecule has 0 bridgehead atoms. The Balaban J connectivity index is 3.16. The van der Waals surface area contributed by atoms with Crippen LogP contribution in [0.4, 0.5) is 0 Å². The van der Waals surface area contributed by atoms with Crippen LogP contribution in [0.2, 0.25) is 0 Å². The summed E-state index contributed by atoms with van der Waals surface area (Å²) in [6.45, 7) is 7.90. The lowest BCUT2D eigenvalue weighted by molar-refractivity contribution is -0.132. The highest BCUT2D eigenvalue weighted by Crippen LogP contribution is 2.31. The van der Waals surface area contributed by atoms with Gasteiger partial charge in [-0.1, -0.05) is 32.9 Å². The van der Waals surface area contributed by atoms with Gasteiger partial charge in [0, 0.05) is 19.4 Å². The maximum atomic E-state index is 12.4. The van der Waals surface area contributed by atoms with Crippen LogP contribution in [0.25, 0.3) is 0 Å². The third-order valence-corrected chi connectivity index (χ3v) is 3.70. The second kappa shape index (κ2) is 6.69. The third-order valence-electron chi connectivity index (χ3n) is 3.70. The topological polar surface area (TPSA) is 37.4 Å². The van der Waals surface area contributed by atoms with Gasteiger partial charge in [0.25, 0.3) is 0 Å². The number of carbonyl (C=O) groups excluding carboxylic acids is 2. The van der Waals surface area contributed by atoms with E-state index < -0.39 is 0 Å². The Kier molecular flexibility index (Phi) is 5.52. The van der Waals surface area contributed by atoms with E-state index in [2.05, 4.69) is 13.0 Å². The molecule has 19 heavy (non-hydrogen) atoms. The summed E-state index contributed by atoms with van der Waals surface area (Å²) in [5.41, 5.74) is 1.78. The standard InChI is InChI=1S/C16H25NO2/c1-6-7-8-12(4)13-9-10-14(18)17(5)15(13)16(19)11(2)3/h6-7,11-12H,8-10H2,1-5H3/b7-6+. The van der Waals surface area contributed by atoms with E-state index in [0.29, 0.717) is 18.0 Å². The SMILES string of the molecule is C/C=C/CC(C)C1=C(C(=O)C(C)C)N(C)C(=O)CC1. The van der Waals surface area contributed by atoms with E-state index in [-0.39, 0.29) is 17.6 Å². The van der Waals surface area contributed by atoms with Gasteiger partial charge in [0.1, 0.15) is 0 Å². The molecule has 106 valence electrons. The Morgan fingerprint density at radius 2 is 1.95 bits per heavy atom. The molecule has 3 nitrogen and oxygen atoms in total. The number of rotatable bonds is 5. The minimum Gasteiger partial charge on any atom is -0.312 e. The first kappa shape index (κ1) is 15.7. The maximum absolute atomic E-state index is 12.4. The van der Waals surface area contributed by atoms with Crippen molar-refractivity contribution < 1.29 is 9.59 Å². The average Bonchev–Trinajstić information content (AvgIpc) is 2.37. The molecule has 0 aromatic carbocycles. The van der Waals surface area contributed by atoms with E-state index in [1.807, 2.05) is 26.8 Å². The fourth-order valence-corrected chi connectivity index (χ4v) is 2.43. The van der Waals surface area contributed by atoms with Gasteiger partial charge in [-0.2, -0.15) is 0 Å². The summed E-state index contributed by atoms with van der Waals surface area (Å²) in [7, 11) is 1.72. The first-order chi connectivity index (χ1) is 8.90. The molecule has 1 rings (SSSR count). The molecule has 1 atom stereocenters. The van der Waals surface area contributed by atoms with Gasteiger partial charge in [-0.15, -0.1) is 0 Å². The summed E-state index contributed by atoms with van der Waals surface area (Å²) in [5.74, 6) is 0.362. The highest BCUT2D eigenvalue weighted by atomic mass is 16.2. The second-order valence-electron chi connectivity index (χ2n) is 5.55. The van der Waals surface area contributed by atoms with Crippen molar-refractivity contribution in [2.45, 2.75) is 47.0 Å². The van der Waals surface area contributed by atoms with E-state index >= 15 is 0 Å². The minimum atomic E-state index is -0.0766. The molecular formula is C16H25NO2. The van der Waals surface area contributed by atoms with Crippen LogP contribution in [-0.2, 0) is 9.59 Å². The molecule has 1 aliphatic heterocycles. The molecule has 0 spiro atoms. The summed E-state index contributed by atoms with van der Waals surface area (Å²) >= 11 is 0. The van der Waals surface area contributed by atoms with E-state index in [9.17, 15) is 9.59 Å².